The number of rotatable bonds is 10. The van der Waals surface area contributed by atoms with Gasteiger partial charge >= 0.3 is 0 Å². The number of nitrogens with one attached hydrogen (secondary N) is 2. The summed E-state index contributed by atoms with van der Waals surface area (Å²) in [5, 5.41) is 6.55. The standard InChI is InChI=1S/C13H24N4OS/c1-4-14-11-9-12(15-7-5-6-8-19-3)17-13(16-11)10-18-2/h9H,4-8,10H2,1-3H3,(H2,14,15,16,17). The highest BCUT2D eigenvalue weighted by molar-refractivity contribution is 7.98. The Hall–Kier alpha value is -1.01. The second kappa shape index (κ2) is 9.86. The molecule has 0 aliphatic rings. The molecule has 0 unspecified atom stereocenters. The van der Waals surface area contributed by atoms with Crippen LogP contribution in [0.1, 0.15) is 25.6 Å². The first kappa shape index (κ1) is 16.0. The molecule has 1 aromatic rings. The van der Waals surface area contributed by atoms with Crippen LogP contribution in [-0.2, 0) is 11.3 Å². The Labute approximate surface area is 119 Å². The highest BCUT2D eigenvalue weighted by Crippen LogP contribution is 2.12. The van der Waals surface area contributed by atoms with Crippen LogP contribution in [0.25, 0.3) is 0 Å². The van der Waals surface area contributed by atoms with E-state index in [-0.39, 0.29) is 0 Å². The van der Waals surface area contributed by atoms with E-state index in [2.05, 4.69) is 26.9 Å². The zero-order chi connectivity index (χ0) is 13.9. The summed E-state index contributed by atoms with van der Waals surface area (Å²) in [6.07, 6.45) is 4.52. The summed E-state index contributed by atoms with van der Waals surface area (Å²) in [5.74, 6) is 3.62. The molecular formula is C13H24N4OS. The number of hydrogen-bond donors (Lipinski definition) is 2. The number of anilines is 2. The average molecular weight is 284 g/mol. The third kappa shape index (κ3) is 6.63. The molecule has 0 fully saturated rings. The van der Waals surface area contributed by atoms with Gasteiger partial charge in [0.25, 0.3) is 0 Å². The monoisotopic (exact) mass is 284 g/mol. The Morgan fingerprint density at radius 2 is 1.95 bits per heavy atom. The molecule has 0 aromatic carbocycles. The van der Waals surface area contributed by atoms with Crippen molar-refractivity contribution in [1.29, 1.82) is 0 Å². The van der Waals surface area contributed by atoms with Gasteiger partial charge in [-0.25, -0.2) is 9.97 Å². The van der Waals surface area contributed by atoms with Crippen LogP contribution in [-0.4, -0.2) is 42.2 Å². The molecule has 0 saturated carbocycles. The Morgan fingerprint density at radius 1 is 1.21 bits per heavy atom. The Bertz CT molecular complexity index is 338. The lowest BCUT2D eigenvalue weighted by Gasteiger charge is -2.10. The van der Waals surface area contributed by atoms with Gasteiger partial charge in [0.2, 0.25) is 0 Å². The normalized spacial score (nSPS) is 10.5. The molecule has 0 amide bonds. The van der Waals surface area contributed by atoms with E-state index in [0.29, 0.717) is 12.4 Å². The molecule has 0 radical (unpaired) electrons. The SMILES string of the molecule is CCNc1cc(NCCCCSC)nc(COC)n1. The van der Waals surface area contributed by atoms with Crippen molar-refractivity contribution in [2.45, 2.75) is 26.4 Å². The predicted octanol–water partition coefficient (Wildman–Crippen LogP) is 2.61. The van der Waals surface area contributed by atoms with Crippen LogP contribution in [0.2, 0.25) is 0 Å². The van der Waals surface area contributed by atoms with Crippen molar-refractivity contribution in [3.05, 3.63) is 11.9 Å². The smallest absolute Gasteiger partial charge is 0.158 e. The molecule has 0 aliphatic heterocycles. The molecule has 0 spiro atoms. The highest BCUT2D eigenvalue weighted by Gasteiger charge is 2.03. The fourth-order valence-electron chi connectivity index (χ4n) is 1.64. The average Bonchev–Trinajstić information content (AvgIpc) is 2.39. The van der Waals surface area contributed by atoms with E-state index in [1.54, 1.807) is 7.11 Å². The summed E-state index contributed by atoms with van der Waals surface area (Å²) >= 11 is 1.89. The molecule has 0 saturated heterocycles. The van der Waals surface area contributed by atoms with Gasteiger partial charge in [0.15, 0.2) is 5.82 Å². The zero-order valence-electron chi connectivity index (χ0n) is 12.0. The van der Waals surface area contributed by atoms with Gasteiger partial charge in [0.1, 0.15) is 18.2 Å². The molecule has 108 valence electrons. The number of nitrogens with zero attached hydrogens (tertiary/aromatic N) is 2. The van der Waals surface area contributed by atoms with Gasteiger partial charge in [-0.1, -0.05) is 0 Å². The van der Waals surface area contributed by atoms with Gasteiger partial charge < -0.3 is 15.4 Å². The maximum absolute atomic E-state index is 5.09. The van der Waals surface area contributed by atoms with Crippen LogP contribution in [0.4, 0.5) is 11.6 Å². The van der Waals surface area contributed by atoms with Gasteiger partial charge in [-0.15, -0.1) is 0 Å². The first-order valence-corrected chi connectivity index (χ1v) is 8.03. The number of methoxy groups -OCH3 is 1. The number of ether oxygens (including phenoxy) is 1. The Kier molecular flexibility index (Phi) is 8.33. The molecule has 5 nitrogen and oxygen atoms in total. The third-order valence-electron chi connectivity index (χ3n) is 2.49. The first-order chi connectivity index (χ1) is 9.30. The van der Waals surface area contributed by atoms with Crippen molar-refractivity contribution in [3.8, 4) is 0 Å². The summed E-state index contributed by atoms with van der Waals surface area (Å²) in [6.45, 7) is 4.26. The summed E-state index contributed by atoms with van der Waals surface area (Å²) in [7, 11) is 1.65. The molecule has 19 heavy (non-hydrogen) atoms. The van der Waals surface area contributed by atoms with Crippen LogP contribution in [0.5, 0.6) is 0 Å². The van der Waals surface area contributed by atoms with Gasteiger partial charge in [-0.2, -0.15) is 11.8 Å². The van der Waals surface area contributed by atoms with Crippen molar-refractivity contribution in [2.75, 3.05) is 42.8 Å². The van der Waals surface area contributed by atoms with Gasteiger partial charge in [0, 0.05) is 26.3 Å². The van der Waals surface area contributed by atoms with E-state index < -0.39 is 0 Å². The summed E-state index contributed by atoms with van der Waals surface area (Å²) in [6, 6.07) is 1.94. The molecule has 0 atom stereocenters. The third-order valence-corrected chi connectivity index (χ3v) is 3.18. The van der Waals surface area contributed by atoms with E-state index >= 15 is 0 Å². The quantitative estimate of drug-likeness (QED) is 0.644. The Balaban J connectivity index is 2.54. The fourth-order valence-corrected chi connectivity index (χ4v) is 2.13. The lowest BCUT2D eigenvalue weighted by Crippen LogP contribution is -2.09. The van der Waals surface area contributed by atoms with E-state index in [4.69, 9.17) is 4.74 Å². The zero-order valence-corrected chi connectivity index (χ0v) is 12.8. The first-order valence-electron chi connectivity index (χ1n) is 6.63. The van der Waals surface area contributed by atoms with Crippen LogP contribution < -0.4 is 10.6 Å². The van der Waals surface area contributed by atoms with Crippen molar-refractivity contribution < 1.29 is 4.74 Å². The maximum atomic E-state index is 5.09. The number of aromatic nitrogens is 2. The van der Waals surface area contributed by atoms with Crippen LogP contribution in [0, 0.1) is 0 Å². The molecule has 1 aromatic heterocycles. The second-order valence-electron chi connectivity index (χ2n) is 4.14. The van der Waals surface area contributed by atoms with Gasteiger partial charge in [-0.3, -0.25) is 0 Å². The Morgan fingerprint density at radius 3 is 2.58 bits per heavy atom. The van der Waals surface area contributed by atoms with Crippen molar-refractivity contribution >= 4 is 23.4 Å². The van der Waals surface area contributed by atoms with Gasteiger partial charge in [-0.05, 0) is 31.8 Å². The molecule has 1 heterocycles. The molecule has 0 aliphatic carbocycles. The van der Waals surface area contributed by atoms with E-state index in [1.807, 2.05) is 24.8 Å². The number of hydrogen-bond acceptors (Lipinski definition) is 6. The summed E-state index contributed by atoms with van der Waals surface area (Å²) < 4.78 is 5.09. The molecule has 1 rings (SSSR count). The van der Waals surface area contributed by atoms with Gasteiger partial charge in [0.05, 0.1) is 0 Å². The maximum Gasteiger partial charge on any atom is 0.158 e. The molecule has 6 heteroatoms. The summed E-state index contributed by atoms with van der Waals surface area (Å²) in [4.78, 5) is 8.81. The second-order valence-corrected chi connectivity index (χ2v) is 5.13. The lowest BCUT2D eigenvalue weighted by atomic mass is 10.3. The van der Waals surface area contributed by atoms with Crippen LogP contribution in [0.3, 0.4) is 0 Å². The number of unbranched alkanes of at least 4 members (excludes halogenated alkanes) is 1. The highest BCUT2D eigenvalue weighted by atomic mass is 32.2. The minimum atomic E-state index is 0.431. The predicted molar refractivity (Wildman–Crippen MR) is 83.0 cm³/mol. The number of thioether (sulfide) groups is 1. The van der Waals surface area contributed by atoms with E-state index in [0.717, 1.165) is 31.1 Å². The lowest BCUT2D eigenvalue weighted by molar-refractivity contribution is 0.178. The van der Waals surface area contributed by atoms with E-state index in [1.165, 1.54) is 12.2 Å². The van der Waals surface area contributed by atoms with Crippen molar-refractivity contribution in [2.24, 2.45) is 0 Å². The topological polar surface area (TPSA) is 59.1 Å². The van der Waals surface area contributed by atoms with Crippen molar-refractivity contribution in [3.63, 3.8) is 0 Å². The largest absolute Gasteiger partial charge is 0.377 e. The van der Waals surface area contributed by atoms with Crippen molar-refractivity contribution in [1.82, 2.24) is 9.97 Å². The fraction of sp³-hybridized carbons (Fsp3) is 0.692. The molecule has 2 N–H and O–H groups in total. The van der Waals surface area contributed by atoms with Crippen LogP contribution in [0.15, 0.2) is 6.07 Å². The molecule has 0 bridgehead atoms. The summed E-state index contributed by atoms with van der Waals surface area (Å²) in [5.41, 5.74) is 0. The van der Waals surface area contributed by atoms with E-state index in [9.17, 15) is 0 Å². The minimum absolute atomic E-state index is 0.431. The minimum Gasteiger partial charge on any atom is -0.377 e. The molecular weight excluding hydrogens is 260 g/mol. The van der Waals surface area contributed by atoms with Crippen LogP contribution >= 0.6 is 11.8 Å².